The minimum Gasteiger partial charge on any atom is -0.316 e. The van der Waals surface area contributed by atoms with Gasteiger partial charge in [0.2, 0.25) is 0 Å². The van der Waals surface area contributed by atoms with Crippen LogP contribution in [0.5, 0.6) is 0 Å². The standard InChI is InChI=1S/C15H29N3/c1-7-13-8-14(18(6)17-13)9-15(4,5)11-16-10-12(2)3/h8,12,16H,7,9-11H2,1-6H3. The normalized spacial score (nSPS) is 12.4. The third-order valence-electron chi connectivity index (χ3n) is 3.21. The number of aromatic nitrogens is 2. The molecule has 0 aromatic carbocycles. The van der Waals surface area contributed by atoms with Crippen molar-refractivity contribution >= 4 is 0 Å². The minimum atomic E-state index is 0.272. The van der Waals surface area contributed by atoms with Gasteiger partial charge in [-0.2, -0.15) is 5.10 Å². The quantitative estimate of drug-likeness (QED) is 0.807. The SMILES string of the molecule is CCc1cc(CC(C)(C)CNCC(C)C)n(C)n1. The monoisotopic (exact) mass is 251 g/mol. The Hall–Kier alpha value is -0.830. The summed E-state index contributed by atoms with van der Waals surface area (Å²) in [7, 11) is 2.05. The molecule has 1 heterocycles. The van der Waals surface area contributed by atoms with Crippen molar-refractivity contribution in [3.63, 3.8) is 0 Å². The third-order valence-corrected chi connectivity index (χ3v) is 3.21. The molecule has 0 atom stereocenters. The van der Waals surface area contributed by atoms with Crippen LogP contribution in [0.4, 0.5) is 0 Å². The van der Waals surface area contributed by atoms with Gasteiger partial charge in [0.25, 0.3) is 0 Å². The van der Waals surface area contributed by atoms with Crippen LogP contribution in [0, 0.1) is 11.3 Å². The van der Waals surface area contributed by atoms with E-state index in [2.05, 4.69) is 51.1 Å². The van der Waals surface area contributed by atoms with Crippen LogP contribution in [0.3, 0.4) is 0 Å². The predicted octanol–water partition coefficient (Wildman–Crippen LogP) is 2.80. The van der Waals surface area contributed by atoms with Crippen molar-refractivity contribution in [2.24, 2.45) is 18.4 Å². The highest BCUT2D eigenvalue weighted by molar-refractivity contribution is 5.12. The first-order chi connectivity index (χ1) is 8.34. The van der Waals surface area contributed by atoms with Crippen molar-refractivity contribution in [1.82, 2.24) is 15.1 Å². The average Bonchev–Trinajstić information content (AvgIpc) is 2.58. The van der Waals surface area contributed by atoms with Gasteiger partial charge in [-0.3, -0.25) is 4.68 Å². The molecular weight excluding hydrogens is 222 g/mol. The first kappa shape index (κ1) is 15.2. The molecule has 1 N–H and O–H groups in total. The highest BCUT2D eigenvalue weighted by atomic mass is 15.3. The fourth-order valence-electron chi connectivity index (χ4n) is 2.16. The van der Waals surface area contributed by atoms with Crippen molar-refractivity contribution < 1.29 is 0 Å². The zero-order chi connectivity index (χ0) is 13.8. The molecule has 3 heteroatoms. The number of hydrogen-bond acceptors (Lipinski definition) is 2. The van der Waals surface area contributed by atoms with Crippen molar-refractivity contribution in [2.75, 3.05) is 13.1 Å². The lowest BCUT2D eigenvalue weighted by molar-refractivity contribution is 0.323. The van der Waals surface area contributed by atoms with Crippen LogP contribution in [-0.4, -0.2) is 22.9 Å². The summed E-state index contributed by atoms with van der Waals surface area (Å²) in [4.78, 5) is 0. The maximum Gasteiger partial charge on any atom is 0.0624 e. The number of aryl methyl sites for hydroxylation is 2. The van der Waals surface area contributed by atoms with E-state index < -0.39 is 0 Å². The summed E-state index contributed by atoms with van der Waals surface area (Å²) in [6.45, 7) is 13.4. The molecule has 18 heavy (non-hydrogen) atoms. The molecule has 0 bridgehead atoms. The maximum atomic E-state index is 4.52. The molecule has 0 amide bonds. The fourth-order valence-corrected chi connectivity index (χ4v) is 2.16. The van der Waals surface area contributed by atoms with E-state index in [-0.39, 0.29) is 5.41 Å². The lowest BCUT2D eigenvalue weighted by Crippen LogP contribution is -2.33. The average molecular weight is 251 g/mol. The number of nitrogens with one attached hydrogen (secondary N) is 1. The van der Waals surface area contributed by atoms with Gasteiger partial charge in [-0.15, -0.1) is 0 Å². The minimum absolute atomic E-state index is 0.272. The van der Waals surface area contributed by atoms with E-state index in [4.69, 9.17) is 0 Å². The van der Waals surface area contributed by atoms with Gasteiger partial charge >= 0.3 is 0 Å². The molecule has 104 valence electrons. The van der Waals surface area contributed by atoms with Crippen molar-refractivity contribution in [3.8, 4) is 0 Å². The van der Waals surface area contributed by atoms with Gasteiger partial charge in [-0.25, -0.2) is 0 Å². The van der Waals surface area contributed by atoms with E-state index in [1.165, 1.54) is 11.4 Å². The van der Waals surface area contributed by atoms with Gasteiger partial charge in [-0.05, 0) is 36.8 Å². The Morgan fingerprint density at radius 2 is 2.06 bits per heavy atom. The lowest BCUT2D eigenvalue weighted by atomic mass is 9.87. The summed E-state index contributed by atoms with van der Waals surface area (Å²) < 4.78 is 2.03. The number of hydrogen-bond donors (Lipinski definition) is 1. The molecule has 3 nitrogen and oxygen atoms in total. The summed E-state index contributed by atoms with van der Waals surface area (Å²) >= 11 is 0. The van der Waals surface area contributed by atoms with Crippen LogP contribution in [0.25, 0.3) is 0 Å². The summed E-state index contributed by atoms with van der Waals surface area (Å²) in [6.07, 6.45) is 2.08. The van der Waals surface area contributed by atoms with E-state index in [1.807, 2.05) is 11.7 Å². The summed E-state index contributed by atoms with van der Waals surface area (Å²) in [5.74, 6) is 0.712. The van der Waals surface area contributed by atoms with Gasteiger partial charge in [0.1, 0.15) is 0 Å². The third kappa shape index (κ3) is 4.81. The Balaban J connectivity index is 2.55. The van der Waals surface area contributed by atoms with E-state index in [9.17, 15) is 0 Å². The Bertz CT molecular complexity index is 364. The molecule has 0 aliphatic carbocycles. The molecule has 0 radical (unpaired) electrons. The molecule has 0 spiro atoms. The van der Waals surface area contributed by atoms with E-state index in [0.717, 1.165) is 25.9 Å². The molecule has 0 unspecified atom stereocenters. The Labute approximate surface area is 112 Å². The molecule has 1 aromatic rings. The van der Waals surface area contributed by atoms with Crippen LogP contribution in [0.15, 0.2) is 6.07 Å². The summed E-state index contributed by atoms with van der Waals surface area (Å²) in [5.41, 5.74) is 2.80. The molecule has 0 aliphatic rings. The van der Waals surface area contributed by atoms with E-state index in [0.29, 0.717) is 5.92 Å². The molecule has 0 saturated heterocycles. The molecule has 0 aliphatic heterocycles. The van der Waals surface area contributed by atoms with Gasteiger partial charge in [0.15, 0.2) is 0 Å². The fraction of sp³-hybridized carbons (Fsp3) is 0.800. The Morgan fingerprint density at radius 3 is 2.56 bits per heavy atom. The first-order valence-corrected chi connectivity index (χ1v) is 7.06. The van der Waals surface area contributed by atoms with Crippen molar-refractivity contribution in [3.05, 3.63) is 17.5 Å². The number of rotatable bonds is 7. The molecule has 0 saturated carbocycles. The topological polar surface area (TPSA) is 29.9 Å². The summed E-state index contributed by atoms with van der Waals surface area (Å²) in [6, 6.07) is 2.24. The molecule has 1 rings (SSSR count). The lowest BCUT2D eigenvalue weighted by Gasteiger charge is -2.25. The van der Waals surface area contributed by atoms with Crippen LogP contribution < -0.4 is 5.32 Å². The second-order valence-electron chi connectivity index (χ2n) is 6.47. The highest BCUT2D eigenvalue weighted by Gasteiger charge is 2.20. The Morgan fingerprint density at radius 1 is 1.39 bits per heavy atom. The Kier molecular flexibility index (Phi) is 5.39. The molecule has 0 fully saturated rings. The van der Waals surface area contributed by atoms with Crippen LogP contribution in [0.2, 0.25) is 0 Å². The second kappa shape index (κ2) is 6.37. The van der Waals surface area contributed by atoms with E-state index in [1.54, 1.807) is 0 Å². The first-order valence-electron chi connectivity index (χ1n) is 7.06. The van der Waals surface area contributed by atoms with Crippen LogP contribution in [-0.2, 0) is 19.9 Å². The smallest absolute Gasteiger partial charge is 0.0624 e. The van der Waals surface area contributed by atoms with Gasteiger partial charge < -0.3 is 5.32 Å². The highest BCUT2D eigenvalue weighted by Crippen LogP contribution is 2.21. The molecular formula is C15H29N3. The number of nitrogens with zero attached hydrogens (tertiary/aromatic N) is 2. The second-order valence-corrected chi connectivity index (χ2v) is 6.47. The predicted molar refractivity (Wildman–Crippen MR) is 77.8 cm³/mol. The zero-order valence-corrected chi connectivity index (χ0v) is 12.9. The maximum absolute atomic E-state index is 4.52. The van der Waals surface area contributed by atoms with Crippen LogP contribution in [0.1, 0.15) is 46.0 Å². The zero-order valence-electron chi connectivity index (χ0n) is 12.9. The van der Waals surface area contributed by atoms with E-state index >= 15 is 0 Å². The largest absolute Gasteiger partial charge is 0.316 e. The van der Waals surface area contributed by atoms with Crippen molar-refractivity contribution in [2.45, 2.75) is 47.5 Å². The van der Waals surface area contributed by atoms with Gasteiger partial charge in [-0.1, -0.05) is 34.6 Å². The van der Waals surface area contributed by atoms with Gasteiger partial charge in [0.05, 0.1) is 5.69 Å². The van der Waals surface area contributed by atoms with Gasteiger partial charge in [0, 0.05) is 19.3 Å². The van der Waals surface area contributed by atoms with Crippen LogP contribution >= 0.6 is 0 Å². The summed E-state index contributed by atoms with van der Waals surface area (Å²) in [5, 5.41) is 8.07. The van der Waals surface area contributed by atoms with Crippen molar-refractivity contribution in [1.29, 1.82) is 0 Å². The molecule has 1 aromatic heterocycles.